The summed E-state index contributed by atoms with van der Waals surface area (Å²) in [5.41, 5.74) is 0.836. The van der Waals surface area contributed by atoms with Gasteiger partial charge in [0.1, 0.15) is 18.4 Å². The molecule has 160 valence electrons. The van der Waals surface area contributed by atoms with Crippen molar-refractivity contribution in [2.75, 3.05) is 13.2 Å². The Bertz CT molecular complexity index is 933. The van der Waals surface area contributed by atoms with Gasteiger partial charge in [-0.15, -0.1) is 0 Å². The van der Waals surface area contributed by atoms with E-state index in [9.17, 15) is 19.7 Å². The van der Waals surface area contributed by atoms with Crippen molar-refractivity contribution in [2.24, 2.45) is 5.92 Å². The number of para-hydroxylation sites is 1. The summed E-state index contributed by atoms with van der Waals surface area (Å²) in [6.07, 6.45) is 0. The molecule has 1 atom stereocenters. The maximum absolute atomic E-state index is 12.6. The second-order valence-corrected chi connectivity index (χ2v) is 7.43. The van der Waals surface area contributed by atoms with E-state index in [2.05, 4.69) is 10.6 Å². The van der Waals surface area contributed by atoms with Crippen LogP contribution in [0.1, 0.15) is 29.8 Å². The first-order valence-corrected chi connectivity index (χ1v) is 9.79. The monoisotopic (exact) mass is 433 g/mol. The molecule has 0 aliphatic carbocycles. The fraction of sp³-hybridized carbons (Fsp3) is 0.333. The zero-order valence-corrected chi connectivity index (χ0v) is 17.7. The molecule has 0 aliphatic rings. The fourth-order valence-corrected chi connectivity index (χ4v) is 2.98. The van der Waals surface area contributed by atoms with Gasteiger partial charge in [-0.2, -0.15) is 0 Å². The molecule has 0 bridgehead atoms. The van der Waals surface area contributed by atoms with E-state index < -0.39 is 16.9 Å². The molecule has 1 unspecified atom stereocenters. The number of aryl methyl sites for hydroxylation is 1. The Morgan fingerprint density at radius 2 is 1.90 bits per heavy atom. The van der Waals surface area contributed by atoms with Crippen LogP contribution in [0.3, 0.4) is 0 Å². The largest absolute Gasteiger partial charge is 0.491 e. The maximum atomic E-state index is 12.6. The van der Waals surface area contributed by atoms with Gasteiger partial charge in [0.05, 0.1) is 22.1 Å². The van der Waals surface area contributed by atoms with Gasteiger partial charge >= 0.3 is 0 Å². The number of amides is 2. The average molecular weight is 434 g/mol. The molecule has 2 amide bonds. The van der Waals surface area contributed by atoms with E-state index in [1.807, 2.05) is 31.2 Å². The molecule has 2 aromatic carbocycles. The number of carbonyl (C=O) groups excluding carboxylic acids is 2. The molecule has 0 aliphatic heterocycles. The van der Waals surface area contributed by atoms with E-state index in [-0.39, 0.29) is 41.3 Å². The van der Waals surface area contributed by atoms with Gasteiger partial charge in [0, 0.05) is 12.1 Å². The molecule has 0 heterocycles. The molecule has 30 heavy (non-hydrogen) atoms. The van der Waals surface area contributed by atoms with Gasteiger partial charge in [-0.25, -0.2) is 0 Å². The first-order valence-electron chi connectivity index (χ1n) is 9.41. The van der Waals surface area contributed by atoms with Crippen LogP contribution in [-0.2, 0) is 4.79 Å². The molecular formula is C21H24ClN3O5. The summed E-state index contributed by atoms with van der Waals surface area (Å²) in [5.74, 6) is -0.388. The van der Waals surface area contributed by atoms with Crippen LogP contribution in [0, 0.1) is 23.0 Å². The zero-order valence-electron chi connectivity index (χ0n) is 17.0. The van der Waals surface area contributed by atoms with E-state index >= 15 is 0 Å². The molecule has 2 N–H and O–H groups in total. The van der Waals surface area contributed by atoms with Crippen LogP contribution in [-0.4, -0.2) is 35.9 Å². The molecule has 0 saturated carbocycles. The molecule has 2 aromatic rings. The van der Waals surface area contributed by atoms with Crippen LogP contribution in [0.25, 0.3) is 0 Å². The Morgan fingerprint density at radius 1 is 1.20 bits per heavy atom. The second kappa shape index (κ2) is 10.6. The van der Waals surface area contributed by atoms with Gasteiger partial charge in [0.25, 0.3) is 11.6 Å². The lowest BCUT2D eigenvalue weighted by atomic mass is 10.0. The standard InChI is InChI=1S/C21H24ClN3O5/c1-13(2)19(21(27)23-10-11-30-18-7-5-4-6-14(18)3)24-20(26)16-9-8-15(25(28)29)12-17(16)22/h4-9,12-13,19H,10-11H2,1-3H3,(H,23,27)(H,24,26). The van der Waals surface area contributed by atoms with Crippen molar-refractivity contribution in [2.45, 2.75) is 26.8 Å². The molecule has 8 nitrogen and oxygen atoms in total. The Kier molecular flexibility index (Phi) is 8.17. The Morgan fingerprint density at radius 3 is 2.50 bits per heavy atom. The highest BCUT2D eigenvalue weighted by Gasteiger charge is 2.25. The topological polar surface area (TPSA) is 111 Å². The average Bonchev–Trinajstić information content (AvgIpc) is 2.69. The number of hydrogen-bond donors (Lipinski definition) is 2. The van der Waals surface area contributed by atoms with Crippen LogP contribution >= 0.6 is 11.6 Å². The first kappa shape index (κ1) is 23.2. The lowest BCUT2D eigenvalue weighted by Crippen LogP contribution is -2.50. The van der Waals surface area contributed by atoms with Crippen molar-refractivity contribution < 1.29 is 19.2 Å². The van der Waals surface area contributed by atoms with Crippen molar-refractivity contribution in [1.29, 1.82) is 0 Å². The number of non-ortho nitro benzene ring substituents is 1. The molecule has 0 fully saturated rings. The van der Waals surface area contributed by atoms with E-state index in [4.69, 9.17) is 16.3 Å². The molecule has 0 radical (unpaired) electrons. The summed E-state index contributed by atoms with van der Waals surface area (Å²) in [7, 11) is 0. The zero-order chi connectivity index (χ0) is 22.3. The summed E-state index contributed by atoms with van der Waals surface area (Å²) in [5, 5.41) is 16.1. The number of halogens is 1. The Labute approximate surface area is 179 Å². The van der Waals surface area contributed by atoms with Crippen molar-refractivity contribution in [3.8, 4) is 5.75 Å². The Balaban J connectivity index is 1.94. The van der Waals surface area contributed by atoms with Gasteiger partial charge < -0.3 is 15.4 Å². The number of hydrogen-bond acceptors (Lipinski definition) is 5. The smallest absolute Gasteiger partial charge is 0.270 e. The predicted molar refractivity (Wildman–Crippen MR) is 114 cm³/mol. The normalized spacial score (nSPS) is 11.6. The van der Waals surface area contributed by atoms with E-state index in [1.165, 1.54) is 12.1 Å². The van der Waals surface area contributed by atoms with Crippen molar-refractivity contribution in [1.82, 2.24) is 10.6 Å². The number of nitro groups is 1. The van der Waals surface area contributed by atoms with Crippen molar-refractivity contribution in [3.63, 3.8) is 0 Å². The number of nitrogens with zero attached hydrogens (tertiary/aromatic N) is 1. The van der Waals surface area contributed by atoms with Crippen LogP contribution in [0.5, 0.6) is 5.75 Å². The molecule has 0 aromatic heterocycles. The molecule has 2 rings (SSSR count). The van der Waals surface area contributed by atoms with Gasteiger partial charge in [0.2, 0.25) is 5.91 Å². The third kappa shape index (κ3) is 6.18. The minimum absolute atomic E-state index is 0.0589. The number of benzene rings is 2. The third-order valence-corrected chi connectivity index (χ3v) is 4.71. The third-order valence-electron chi connectivity index (χ3n) is 4.40. The van der Waals surface area contributed by atoms with Crippen LogP contribution < -0.4 is 15.4 Å². The first-order chi connectivity index (χ1) is 14.2. The highest BCUT2D eigenvalue weighted by atomic mass is 35.5. The Hall–Kier alpha value is -3.13. The van der Waals surface area contributed by atoms with Crippen molar-refractivity contribution in [3.05, 3.63) is 68.7 Å². The van der Waals surface area contributed by atoms with Crippen molar-refractivity contribution >= 4 is 29.1 Å². The number of rotatable bonds is 9. The summed E-state index contributed by atoms with van der Waals surface area (Å²) >= 11 is 6.00. The quantitative estimate of drug-likeness (QED) is 0.357. The summed E-state index contributed by atoms with van der Waals surface area (Å²) in [6.45, 7) is 6.08. The maximum Gasteiger partial charge on any atom is 0.270 e. The van der Waals surface area contributed by atoms with Gasteiger partial charge in [-0.1, -0.05) is 43.6 Å². The van der Waals surface area contributed by atoms with E-state index in [0.29, 0.717) is 0 Å². The number of ether oxygens (including phenoxy) is 1. The van der Waals surface area contributed by atoms with Crippen LogP contribution in [0.15, 0.2) is 42.5 Å². The molecule has 0 spiro atoms. The van der Waals surface area contributed by atoms with E-state index in [1.54, 1.807) is 13.8 Å². The van der Waals surface area contributed by atoms with E-state index in [0.717, 1.165) is 17.4 Å². The van der Waals surface area contributed by atoms with Gasteiger partial charge in [-0.05, 0) is 30.5 Å². The van der Waals surface area contributed by atoms with Crippen LogP contribution in [0.2, 0.25) is 5.02 Å². The van der Waals surface area contributed by atoms with Crippen LogP contribution in [0.4, 0.5) is 5.69 Å². The highest BCUT2D eigenvalue weighted by Crippen LogP contribution is 2.22. The molecular weight excluding hydrogens is 410 g/mol. The number of carbonyl (C=O) groups is 2. The predicted octanol–water partition coefficient (Wildman–Crippen LogP) is 3.51. The molecule has 9 heteroatoms. The second-order valence-electron chi connectivity index (χ2n) is 7.02. The lowest BCUT2D eigenvalue weighted by Gasteiger charge is -2.22. The summed E-state index contributed by atoms with van der Waals surface area (Å²) in [4.78, 5) is 35.3. The number of nitro benzene ring substituents is 1. The minimum Gasteiger partial charge on any atom is -0.491 e. The fourth-order valence-electron chi connectivity index (χ4n) is 2.72. The van der Waals surface area contributed by atoms with Gasteiger partial charge in [0.15, 0.2) is 0 Å². The number of nitrogens with one attached hydrogen (secondary N) is 2. The SMILES string of the molecule is Cc1ccccc1OCCNC(=O)C(NC(=O)c1ccc([N+](=O)[O-])cc1Cl)C(C)C. The summed E-state index contributed by atoms with van der Waals surface area (Å²) in [6, 6.07) is 10.3. The summed E-state index contributed by atoms with van der Waals surface area (Å²) < 4.78 is 5.65. The minimum atomic E-state index is -0.803. The van der Waals surface area contributed by atoms with Gasteiger partial charge in [-0.3, -0.25) is 19.7 Å². The molecule has 0 saturated heterocycles. The lowest BCUT2D eigenvalue weighted by molar-refractivity contribution is -0.384. The highest BCUT2D eigenvalue weighted by molar-refractivity contribution is 6.34.